The molecule has 0 aliphatic heterocycles. The molecule has 0 radical (unpaired) electrons. The van der Waals surface area contributed by atoms with Gasteiger partial charge in [-0.05, 0) is 11.1 Å². The van der Waals surface area contributed by atoms with Gasteiger partial charge in [0.25, 0.3) is 0 Å². The summed E-state index contributed by atoms with van der Waals surface area (Å²) in [5.74, 6) is 0. The van der Waals surface area contributed by atoms with Gasteiger partial charge in [-0.3, -0.25) is 0 Å². The molecule has 0 aliphatic rings. The van der Waals surface area contributed by atoms with Crippen LogP contribution in [0.3, 0.4) is 0 Å². The molecule has 0 unspecified atom stereocenters. The maximum Gasteiger partial charge on any atom is 0.124 e. The van der Waals surface area contributed by atoms with Crippen molar-refractivity contribution < 1.29 is 4.52 Å². The second-order valence-electron chi connectivity index (χ2n) is 3.56. The highest BCUT2D eigenvalue weighted by atomic mass is 16.5. The van der Waals surface area contributed by atoms with E-state index in [0.29, 0.717) is 6.54 Å². The van der Waals surface area contributed by atoms with Crippen LogP contribution >= 0.6 is 0 Å². The van der Waals surface area contributed by atoms with Crippen molar-refractivity contribution in [3.05, 3.63) is 60.5 Å². The van der Waals surface area contributed by atoms with Gasteiger partial charge in [0.1, 0.15) is 6.26 Å². The highest BCUT2D eigenvalue weighted by molar-refractivity contribution is 5.64. The van der Waals surface area contributed by atoms with Crippen LogP contribution in [0.25, 0.3) is 5.57 Å². The number of benzene rings is 1. The average Bonchev–Trinajstić information content (AvgIpc) is 2.83. The number of hydrogen-bond donors (Lipinski definition) is 1. The second kappa shape index (κ2) is 5.28. The van der Waals surface area contributed by atoms with E-state index in [-0.39, 0.29) is 0 Å². The van der Waals surface area contributed by atoms with Crippen molar-refractivity contribution in [1.82, 2.24) is 10.5 Å². The third-order valence-electron chi connectivity index (χ3n) is 2.32. The van der Waals surface area contributed by atoms with Crippen molar-refractivity contribution in [2.24, 2.45) is 0 Å². The van der Waals surface area contributed by atoms with Crippen LogP contribution in [0.1, 0.15) is 11.3 Å². The molecule has 0 spiro atoms. The van der Waals surface area contributed by atoms with Gasteiger partial charge in [0.05, 0.1) is 5.69 Å². The van der Waals surface area contributed by atoms with E-state index in [1.54, 1.807) is 6.26 Å². The first-order chi connectivity index (χ1) is 7.86. The first-order valence-corrected chi connectivity index (χ1v) is 5.19. The van der Waals surface area contributed by atoms with Crippen LogP contribution in [0.5, 0.6) is 0 Å². The predicted molar refractivity (Wildman–Crippen MR) is 63.7 cm³/mol. The van der Waals surface area contributed by atoms with Crippen LogP contribution in [0.15, 0.2) is 53.8 Å². The summed E-state index contributed by atoms with van der Waals surface area (Å²) >= 11 is 0. The summed E-state index contributed by atoms with van der Waals surface area (Å²) in [4.78, 5) is 0. The molecule has 0 aliphatic carbocycles. The molecule has 1 N–H and O–H groups in total. The Morgan fingerprint density at radius 1 is 1.25 bits per heavy atom. The Kier molecular flexibility index (Phi) is 3.51. The Morgan fingerprint density at radius 3 is 2.75 bits per heavy atom. The first-order valence-electron chi connectivity index (χ1n) is 5.19. The van der Waals surface area contributed by atoms with Gasteiger partial charge in [-0.2, -0.15) is 0 Å². The van der Waals surface area contributed by atoms with Crippen molar-refractivity contribution in [2.75, 3.05) is 6.54 Å². The maximum atomic E-state index is 4.74. The number of rotatable bonds is 5. The monoisotopic (exact) mass is 214 g/mol. The standard InChI is InChI=1S/C13H14N2O/c1-11(12-5-3-2-4-6-12)9-14-10-13-7-8-16-15-13/h2-8,14H,1,9-10H2. The largest absolute Gasteiger partial charge is 0.364 e. The van der Waals surface area contributed by atoms with E-state index in [1.165, 1.54) is 0 Å². The zero-order valence-corrected chi connectivity index (χ0v) is 9.02. The van der Waals surface area contributed by atoms with Gasteiger partial charge in [-0.1, -0.05) is 42.1 Å². The zero-order valence-electron chi connectivity index (χ0n) is 9.02. The topological polar surface area (TPSA) is 38.1 Å². The molecule has 0 saturated heterocycles. The number of nitrogens with one attached hydrogen (secondary N) is 1. The summed E-state index contributed by atoms with van der Waals surface area (Å²) in [5.41, 5.74) is 3.14. The molecule has 0 fully saturated rings. The summed E-state index contributed by atoms with van der Waals surface area (Å²) in [6, 6.07) is 12.0. The lowest BCUT2D eigenvalue weighted by Gasteiger charge is -2.06. The minimum absolute atomic E-state index is 0.697. The summed E-state index contributed by atoms with van der Waals surface area (Å²) < 4.78 is 4.74. The smallest absolute Gasteiger partial charge is 0.124 e. The highest BCUT2D eigenvalue weighted by Crippen LogP contribution is 2.10. The Balaban J connectivity index is 1.81. The van der Waals surface area contributed by atoms with Crippen molar-refractivity contribution >= 4 is 5.57 Å². The van der Waals surface area contributed by atoms with E-state index in [1.807, 2.05) is 24.3 Å². The van der Waals surface area contributed by atoms with Crippen LogP contribution in [0, 0.1) is 0 Å². The Bertz CT molecular complexity index is 434. The summed E-state index contributed by atoms with van der Waals surface area (Å²) in [6.45, 7) is 5.48. The summed E-state index contributed by atoms with van der Waals surface area (Å²) in [7, 11) is 0. The molecular weight excluding hydrogens is 200 g/mol. The third-order valence-corrected chi connectivity index (χ3v) is 2.32. The zero-order chi connectivity index (χ0) is 11.2. The molecule has 2 aromatic rings. The van der Waals surface area contributed by atoms with Crippen molar-refractivity contribution in [2.45, 2.75) is 6.54 Å². The molecule has 2 rings (SSSR count). The molecule has 0 atom stereocenters. The minimum Gasteiger partial charge on any atom is -0.364 e. The number of nitrogens with zero attached hydrogens (tertiary/aromatic N) is 1. The van der Waals surface area contributed by atoms with Crippen molar-refractivity contribution in [3.63, 3.8) is 0 Å². The van der Waals surface area contributed by atoms with Gasteiger partial charge in [-0.15, -0.1) is 0 Å². The lowest BCUT2D eigenvalue weighted by atomic mass is 10.1. The SMILES string of the molecule is C=C(CNCc1ccon1)c1ccccc1. The Hall–Kier alpha value is -1.87. The third kappa shape index (κ3) is 2.81. The van der Waals surface area contributed by atoms with Crippen LogP contribution in [0.4, 0.5) is 0 Å². The molecule has 16 heavy (non-hydrogen) atoms. The van der Waals surface area contributed by atoms with Crippen molar-refractivity contribution in [3.8, 4) is 0 Å². The van der Waals surface area contributed by atoms with Crippen LogP contribution in [-0.4, -0.2) is 11.7 Å². The molecule has 0 bridgehead atoms. The summed E-state index contributed by atoms with van der Waals surface area (Å²) in [5, 5.41) is 7.08. The lowest BCUT2D eigenvalue weighted by Crippen LogP contribution is -2.15. The molecule has 0 saturated carbocycles. The lowest BCUT2D eigenvalue weighted by molar-refractivity contribution is 0.409. The van der Waals surface area contributed by atoms with E-state index >= 15 is 0 Å². The Labute approximate surface area is 94.8 Å². The van der Waals surface area contributed by atoms with Crippen LogP contribution in [0.2, 0.25) is 0 Å². The van der Waals surface area contributed by atoms with Gasteiger partial charge < -0.3 is 9.84 Å². The highest BCUT2D eigenvalue weighted by Gasteiger charge is 1.99. The fourth-order valence-electron chi connectivity index (χ4n) is 1.45. The van der Waals surface area contributed by atoms with E-state index in [2.05, 4.69) is 29.2 Å². The van der Waals surface area contributed by atoms with Gasteiger partial charge in [-0.25, -0.2) is 0 Å². The van der Waals surface area contributed by atoms with E-state index in [0.717, 1.165) is 23.4 Å². The molecule has 1 aromatic heterocycles. The van der Waals surface area contributed by atoms with E-state index < -0.39 is 0 Å². The fourth-order valence-corrected chi connectivity index (χ4v) is 1.45. The van der Waals surface area contributed by atoms with E-state index in [4.69, 9.17) is 4.52 Å². The van der Waals surface area contributed by atoms with E-state index in [9.17, 15) is 0 Å². The second-order valence-corrected chi connectivity index (χ2v) is 3.56. The molecular formula is C13H14N2O. The first kappa shape index (κ1) is 10.6. The maximum absolute atomic E-state index is 4.74. The quantitative estimate of drug-likeness (QED) is 0.831. The van der Waals surface area contributed by atoms with Crippen LogP contribution < -0.4 is 5.32 Å². The normalized spacial score (nSPS) is 10.2. The fraction of sp³-hybridized carbons (Fsp3) is 0.154. The van der Waals surface area contributed by atoms with Gasteiger partial charge in [0, 0.05) is 19.2 Å². The minimum atomic E-state index is 0.697. The number of aromatic nitrogens is 1. The van der Waals surface area contributed by atoms with Crippen molar-refractivity contribution in [1.29, 1.82) is 0 Å². The average molecular weight is 214 g/mol. The predicted octanol–water partition coefficient (Wildman–Crippen LogP) is 2.48. The van der Waals surface area contributed by atoms with Crippen LogP contribution in [-0.2, 0) is 6.54 Å². The summed E-state index contributed by atoms with van der Waals surface area (Å²) in [6.07, 6.45) is 1.57. The number of hydrogen-bond acceptors (Lipinski definition) is 3. The molecule has 3 nitrogen and oxygen atoms in total. The van der Waals surface area contributed by atoms with Gasteiger partial charge >= 0.3 is 0 Å². The molecule has 82 valence electrons. The molecule has 3 heteroatoms. The molecule has 1 aromatic carbocycles. The van der Waals surface area contributed by atoms with Gasteiger partial charge in [0.15, 0.2) is 0 Å². The molecule has 1 heterocycles. The Morgan fingerprint density at radius 2 is 2.06 bits per heavy atom. The van der Waals surface area contributed by atoms with Gasteiger partial charge in [0.2, 0.25) is 0 Å². The molecule has 0 amide bonds.